The molecule has 7 heteroatoms. The van der Waals surface area contributed by atoms with Crippen molar-refractivity contribution in [1.82, 2.24) is 9.97 Å². The number of ether oxygens (including phenoxy) is 1. The van der Waals surface area contributed by atoms with Gasteiger partial charge in [0.05, 0.1) is 17.3 Å². The summed E-state index contributed by atoms with van der Waals surface area (Å²) < 4.78 is 4.82. The lowest BCUT2D eigenvalue weighted by Crippen LogP contribution is -2.30. The zero-order valence-electron chi connectivity index (χ0n) is 11.5. The van der Waals surface area contributed by atoms with Gasteiger partial charge < -0.3 is 15.5 Å². The molecule has 2 aromatic rings. The molecule has 1 unspecified atom stereocenters. The molecule has 21 heavy (non-hydrogen) atoms. The van der Waals surface area contributed by atoms with Crippen LogP contribution in [0.3, 0.4) is 0 Å². The Morgan fingerprint density at radius 2 is 2.10 bits per heavy atom. The number of nitrogens with zero attached hydrogens (tertiary/aromatic N) is 1. The van der Waals surface area contributed by atoms with Crippen LogP contribution in [0.4, 0.5) is 0 Å². The van der Waals surface area contributed by atoms with Crippen molar-refractivity contribution in [3.63, 3.8) is 0 Å². The molecule has 2 rings (SSSR count). The van der Waals surface area contributed by atoms with Crippen LogP contribution in [-0.4, -0.2) is 27.9 Å². The number of aryl methyl sites for hydroxylation is 1. The van der Waals surface area contributed by atoms with Gasteiger partial charge in [-0.2, -0.15) is 0 Å². The molecule has 1 aromatic carbocycles. The van der Waals surface area contributed by atoms with Crippen LogP contribution in [0.1, 0.15) is 19.2 Å². The fourth-order valence-corrected chi connectivity index (χ4v) is 1.79. The molecule has 0 aliphatic heterocycles. The maximum absolute atomic E-state index is 11.8. The van der Waals surface area contributed by atoms with Gasteiger partial charge in [0.15, 0.2) is 6.10 Å². The molecule has 1 aromatic heterocycles. The maximum Gasteiger partial charge on any atom is 0.307 e. The Bertz CT molecular complexity index is 738. The van der Waals surface area contributed by atoms with Gasteiger partial charge in [-0.3, -0.25) is 14.4 Å². The molecule has 3 N–H and O–H groups in total. The molecular formula is C14H15N3O4. The zero-order chi connectivity index (χ0) is 15.4. The third-order valence-electron chi connectivity index (χ3n) is 2.94. The number of hydrogen-bond donors (Lipinski definition) is 2. The van der Waals surface area contributed by atoms with Gasteiger partial charge in [-0.05, 0) is 19.1 Å². The number of benzene rings is 1. The number of esters is 1. The molecular weight excluding hydrogens is 274 g/mol. The number of nitrogens with one attached hydrogen (secondary N) is 1. The number of aromatic nitrogens is 2. The van der Waals surface area contributed by atoms with Crippen LogP contribution in [0.2, 0.25) is 0 Å². The summed E-state index contributed by atoms with van der Waals surface area (Å²) in [7, 11) is 0. The predicted molar refractivity (Wildman–Crippen MR) is 75.4 cm³/mol. The molecule has 110 valence electrons. The molecule has 0 aliphatic rings. The molecule has 1 heterocycles. The maximum atomic E-state index is 11.8. The second-order valence-corrected chi connectivity index (χ2v) is 4.56. The minimum absolute atomic E-state index is 0.00109. The summed E-state index contributed by atoms with van der Waals surface area (Å²) in [4.78, 5) is 41.0. The Kier molecular flexibility index (Phi) is 4.32. The monoisotopic (exact) mass is 289 g/mol. The topological polar surface area (TPSA) is 115 Å². The highest BCUT2D eigenvalue weighted by Crippen LogP contribution is 2.07. The summed E-state index contributed by atoms with van der Waals surface area (Å²) in [5.41, 5.74) is 5.31. The van der Waals surface area contributed by atoms with Crippen molar-refractivity contribution in [2.75, 3.05) is 0 Å². The lowest BCUT2D eigenvalue weighted by Gasteiger charge is -2.09. The van der Waals surface area contributed by atoms with Gasteiger partial charge in [-0.1, -0.05) is 12.1 Å². The number of carbonyl (C=O) groups excluding carboxylic acids is 2. The van der Waals surface area contributed by atoms with E-state index in [9.17, 15) is 14.4 Å². The number of primary amides is 1. The third kappa shape index (κ3) is 3.65. The van der Waals surface area contributed by atoms with Crippen LogP contribution in [0.15, 0.2) is 29.1 Å². The molecule has 0 radical (unpaired) electrons. The van der Waals surface area contributed by atoms with Gasteiger partial charge in [0.1, 0.15) is 5.82 Å². The molecule has 0 saturated carbocycles. The second kappa shape index (κ2) is 6.17. The summed E-state index contributed by atoms with van der Waals surface area (Å²) in [6.07, 6.45) is -0.760. The Morgan fingerprint density at radius 1 is 1.38 bits per heavy atom. The van der Waals surface area contributed by atoms with Crippen molar-refractivity contribution in [2.45, 2.75) is 25.9 Å². The van der Waals surface area contributed by atoms with Crippen molar-refractivity contribution in [2.24, 2.45) is 5.73 Å². The quantitative estimate of drug-likeness (QED) is 0.767. The van der Waals surface area contributed by atoms with E-state index in [0.29, 0.717) is 16.7 Å². The fraction of sp³-hybridized carbons (Fsp3) is 0.286. The average Bonchev–Trinajstić information content (AvgIpc) is 2.45. The minimum Gasteiger partial charge on any atom is -0.453 e. The van der Waals surface area contributed by atoms with Gasteiger partial charge >= 0.3 is 5.97 Å². The summed E-state index contributed by atoms with van der Waals surface area (Å²) in [6, 6.07) is 6.93. The highest BCUT2D eigenvalue weighted by Gasteiger charge is 2.14. The van der Waals surface area contributed by atoms with Crippen LogP contribution < -0.4 is 11.3 Å². The number of carbonyl (C=O) groups is 2. The van der Waals surface area contributed by atoms with E-state index in [4.69, 9.17) is 10.5 Å². The van der Waals surface area contributed by atoms with E-state index in [1.807, 2.05) is 0 Å². The highest BCUT2D eigenvalue weighted by molar-refractivity contribution is 5.82. The number of nitrogens with two attached hydrogens (primary N) is 1. The lowest BCUT2D eigenvalue weighted by molar-refractivity contribution is -0.153. The van der Waals surface area contributed by atoms with Gasteiger partial charge in [0.2, 0.25) is 0 Å². The SMILES string of the molecule is CC(OC(=O)CCc1nc2ccccc2c(=O)[nH]1)C(N)=O. The first-order chi connectivity index (χ1) is 9.97. The molecule has 7 nitrogen and oxygen atoms in total. The van der Waals surface area contributed by atoms with Gasteiger partial charge in [0, 0.05) is 6.42 Å². The normalized spacial score (nSPS) is 12.0. The van der Waals surface area contributed by atoms with Crippen molar-refractivity contribution in [3.05, 3.63) is 40.4 Å². The van der Waals surface area contributed by atoms with E-state index < -0.39 is 18.0 Å². The molecule has 1 amide bonds. The summed E-state index contributed by atoms with van der Waals surface area (Å²) in [5.74, 6) is -0.889. The van der Waals surface area contributed by atoms with Crippen molar-refractivity contribution in [3.8, 4) is 0 Å². The second-order valence-electron chi connectivity index (χ2n) is 4.56. The molecule has 0 saturated heterocycles. The Labute approximate surface area is 120 Å². The van der Waals surface area contributed by atoms with Gasteiger partial charge in [0.25, 0.3) is 11.5 Å². The summed E-state index contributed by atoms with van der Waals surface area (Å²) in [5, 5.41) is 0.492. The Morgan fingerprint density at radius 3 is 2.81 bits per heavy atom. The zero-order valence-corrected chi connectivity index (χ0v) is 11.5. The molecule has 1 atom stereocenters. The van der Waals surface area contributed by atoms with Crippen LogP contribution in [0.5, 0.6) is 0 Å². The van der Waals surface area contributed by atoms with Gasteiger partial charge in [-0.25, -0.2) is 4.98 Å². The standard InChI is InChI=1S/C14H15N3O4/c1-8(13(15)19)21-12(18)7-6-11-16-10-5-3-2-4-9(10)14(20)17-11/h2-5,8H,6-7H2,1H3,(H2,15,19)(H,16,17,20). The largest absolute Gasteiger partial charge is 0.453 e. The number of H-pyrrole nitrogens is 1. The number of fused-ring (bicyclic) bond motifs is 1. The summed E-state index contributed by atoms with van der Waals surface area (Å²) in [6.45, 7) is 1.40. The molecule has 0 spiro atoms. The van der Waals surface area contributed by atoms with Crippen molar-refractivity contribution < 1.29 is 14.3 Å². The number of para-hydroxylation sites is 1. The van der Waals surface area contributed by atoms with Gasteiger partial charge in [-0.15, -0.1) is 0 Å². The molecule has 0 fully saturated rings. The smallest absolute Gasteiger partial charge is 0.307 e. The van der Waals surface area contributed by atoms with E-state index in [-0.39, 0.29) is 18.4 Å². The van der Waals surface area contributed by atoms with E-state index in [2.05, 4.69) is 9.97 Å². The first-order valence-corrected chi connectivity index (χ1v) is 6.44. The summed E-state index contributed by atoms with van der Waals surface area (Å²) >= 11 is 0. The van der Waals surface area contributed by atoms with E-state index in [1.54, 1.807) is 24.3 Å². The Hall–Kier alpha value is -2.70. The number of rotatable bonds is 5. The van der Waals surface area contributed by atoms with E-state index in [1.165, 1.54) is 6.92 Å². The van der Waals surface area contributed by atoms with Crippen molar-refractivity contribution >= 4 is 22.8 Å². The predicted octanol–water partition coefficient (Wildman–Crippen LogP) is 0.273. The molecule has 0 aliphatic carbocycles. The Balaban J connectivity index is 2.05. The first kappa shape index (κ1) is 14.7. The third-order valence-corrected chi connectivity index (χ3v) is 2.94. The van der Waals surface area contributed by atoms with E-state index in [0.717, 1.165) is 0 Å². The van der Waals surface area contributed by atoms with Crippen LogP contribution in [0.25, 0.3) is 10.9 Å². The first-order valence-electron chi connectivity index (χ1n) is 6.44. The number of amides is 1. The van der Waals surface area contributed by atoms with E-state index >= 15 is 0 Å². The average molecular weight is 289 g/mol. The van der Waals surface area contributed by atoms with Crippen LogP contribution >= 0.6 is 0 Å². The lowest BCUT2D eigenvalue weighted by atomic mass is 10.2. The minimum atomic E-state index is -0.971. The number of hydrogen-bond acceptors (Lipinski definition) is 5. The van der Waals surface area contributed by atoms with Crippen molar-refractivity contribution in [1.29, 1.82) is 0 Å². The highest BCUT2D eigenvalue weighted by atomic mass is 16.5. The molecule has 0 bridgehead atoms. The van der Waals surface area contributed by atoms with Crippen LogP contribution in [0, 0.1) is 0 Å². The fourth-order valence-electron chi connectivity index (χ4n) is 1.79. The number of aromatic amines is 1. The van der Waals surface area contributed by atoms with Crippen LogP contribution in [-0.2, 0) is 20.7 Å².